The van der Waals surface area contributed by atoms with E-state index in [0.717, 1.165) is 28.8 Å². The molecule has 0 unspecified atom stereocenters. The second kappa shape index (κ2) is 10.9. The van der Waals surface area contributed by atoms with Crippen LogP contribution in [0, 0.1) is 0 Å². The van der Waals surface area contributed by atoms with Crippen LogP contribution in [0.1, 0.15) is 35.2 Å². The van der Waals surface area contributed by atoms with E-state index in [2.05, 4.69) is 45.4 Å². The molecule has 0 spiro atoms. The van der Waals surface area contributed by atoms with Gasteiger partial charge in [0.25, 0.3) is 5.91 Å². The number of amides is 1. The van der Waals surface area contributed by atoms with E-state index in [9.17, 15) is 4.79 Å². The first kappa shape index (κ1) is 22.7. The minimum Gasteiger partial charge on any atom is -0.486 e. The van der Waals surface area contributed by atoms with E-state index in [1.807, 2.05) is 36.4 Å². The highest BCUT2D eigenvalue weighted by molar-refractivity contribution is 9.10. The summed E-state index contributed by atoms with van der Waals surface area (Å²) in [5, 5.41) is 6.97. The fourth-order valence-electron chi connectivity index (χ4n) is 3.14. The molecule has 0 saturated carbocycles. The average Bonchev–Trinajstić information content (AvgIpc) is 3.48. The summed E-state index contributed by atoms with van der Waals surface area (Å²) in [6, 6.07) is 18.9. The maximum Gasteiger partial charge on any atom is 0.291 e. The molecule has 0 atom stereocenters. The molecule has 8 heteroatoms. The van der Waals surface area contributed by atoms with Gasteiger partial charge in [0.15, 0.2) is 12.5 Å². The molecule has 0 fully saturated rings. The van der Waals surface area contributed by atoms with Gasteiger partial charge in [-0.1, -0.05) is 41.4 Å². The molecule has 170 valence electrons. The molecule has 2 aromatic heterocycles. The van der Waals surface area contributed by atoms with Gasteiger partial charge in [-0.15, -0.1) is 0 Å². The number of carbonyl (C=O) groups excluding carboxylic acids is 1. The third-order valence-electron chi connectivity index (χ3n) is 4.80. The third kappa shape index (κ3) is 6.49. The van der Waals surface area contributed by atoms with Gasteiger partial charge in [-0.05, 0) is 60.5 Å². The zero-order valence-corrected chi connectivity index (χ0v) is 19.7. The Labute approximate surface area is 200 Å². The van der Waals surface area contributed by atoms with Crippen molar-refractivity contribution < 1.29 is 18.7 Å². The van der Waals surface area contributed by atoms with Crippen molar-refractivity contribution in [1.82, 2.24) is 9.78 Å². The number of halogens is 1. The van der Waals surface area contributed by atoms with Gasteiger partial charge in [0, 0.05) is 4.47 Å². The molecule has 4 aromatic rings. The van der Waals surface area contributed by atoms with Crippen molar-refractivity contribution in [2.45, 2.75) is 33.1 Å². The third-order valence-corrected chi connectivity index (χ3v) is 5.33. The summed E-state index contributed by atoms with van der Waals surface area (Å²) in [5.41, 5.74) is 1.82. The summed E-state index contributed by atoms with van der Waals surface area (Å²) in [6.07, 6.45) is 5.40. The minimum atomic E-state index is -0.362. The van der Waals surface area contributed by atoms with Crippen molar-refractivity contribution in [2.75, 3.05) is 5.32 Å². The average molecular weight is 510 g/mol. The molecular weight excluding hydrogens is 486 g/mol. The Balaban J connectivity index is 1.26. The van der Waals surface area contributed by atoms with Crippen LogP contribution in [0.4, 0.5) is 5.69 Å². The maximum absolute atomic E-state index is 12.5. The van der Waals surface area contributed by atoms with Crippen molar-refractivity contribution >= 4 is 27.5 Å². The summed E-state index contributed by atoms with van der Waals surface area (Å²) < 4.78 is 19.6. The molecule has 0 bridgehead atoms. The van der Waals surface area contributed by atoms with Crippen LogP contribution >= 0.6 is 15.9 Å². The lowest BCUT2D eigenvalue weighted by atomic mass is 10.1. The number of hydrogen-bond acceptors (Lipinski definition) is 5. The van der Waals surface area contributed by atoms with Gasteiger partial charge < -0.3 is 19.2 Å². The molecule has 2 aromatic carbocycles. The fraction of sp³-hybridized carbons (Fsp3) is 0.200. The molecule has 0 aliphatic carbocycles. The van der Waals surface area contributed by atoms with Gasteiger partial charge in [0.2, 0.25) is 0 Å². The molecule has 1 amide bonds. The van der Waals surface area contributed by atoms with Gasteiger partial charge in [0.05, 0.1) is 18.1 Å². The number of anilines is 1. The Bertz CT molecular complexity index is 1180. The summed E-state index contributed by atoms with van der Waals surface area (Å²) >= 11 is 3.39. The largest absolute Gasteiger partial charge is 0.486 e. The quantitative estimate of drug-likeness (QED) is 0.281. The van der Waals surface area contributed by atoms with Gasteiger partial charge in [-0.3, -0.25) is 4.79 Å². The van der Waals surface area contributed by atoms with E-state index in [1.165, 1.54) is 5.56 Å². The van der Waals surface area contributed by atoms with E-state index in [-0.39, 0.29) is 25.0 Å². The molecule has 7 nitrogen and oxygen atoms in total. The van der Waals surface area contributed by atoms with Crippen LogP contribution in [0.2, 0.25) is 0 Å². The number of hydrogen-bond donors (Lipinski definition) is 1. The Hall–Kier alpha value is -3.52. The highest BCUT2D eigenvalue weighted by Gasteiger charge is 2.13. The SMILES string of the molecule is CCCc1ccc(OCc2ccc(C(=O)Nc3cnn(COc4ccc(Br)cc4)c3)o2)cc1. The Morgan fingerprint density at radius 1 is 1.03 bits per heavy atom. The summed E-state index contributed by atoms with van der Waals surface area (Å²) in [5.74, 6) is 1.89. The Morgan fingerprint density at radius 2 is 1.76 bits per heavy atom. The molecule has 4 rings (SSSR count). The van der Waals surface area contributed by atoms with Crippen LogP contribution in [0.5, 0.6) is 11.5 Å². The number of ether oxygens (including phenoxy) is 2. The van der Waals surface area contributed by atoms with E-state index in [0.29, 0.717) is 11.4 Å². The number of nitrogens with zero attached hydrogens (tertiary/aromatic N) is 2. The monoisotopic (exact) mass is 509 g/mol. The van der Waals surface area contributed by atoms with E-state index in [4.69, 9.17) is 13.9 Å². The van der Waals surface area contributed by atoms with Crippen LogP contribution in [0.15, 0.2) is 81.9 Å². The van der Waals surface area contributed by atoms with Gasteiger partial charge >= 0.3 is 0 Å². The maximum atomic E-state index is 12.5. The summed E-state index contributed by atoms with van der Waals surface area (Å²) in [6.45, 7) is 2.62. The van der Waals surface area contributed by atoms with E-state index in [1.54, 1.807) is 29.2 Å². The van der Waals surface area contributed by atoms with Crippen LogP contribution in [-0.2, 0) is 19.8 Å². The number of benzene rings is 2. The van der Waals surface area contributed by atoms with E-state index >= 15 is 0 Å². The molecule has 0 radical (unpaired) electrons. The zero-order chi connectivity index (χ0) is 23.0. The Morgan fingerprint density at radius 3 is 2.52 bits per heavy atom. The minimum absolute atomic E-state index is 0.200. The van der Waals surface area contributed by atoms with Crippen molar-refractivity contribution in [3.8, 4) is 11.5 Å². The number of furan rings is 1. The first-order chi connectivity index (χ1) is 16.1. The topological polar surface area (TPSA) is 78.5 Å². The standard InChI is InChI=1S/C25H24BrN3O4/c1-2-3-18-4-8-21(9-5-18)31-16-23-12-13-24(33-23)25(30)28-20-14-27-29(15-20)17-32-22-10-6-19(26)7-11-22/h4-15H,2-3,16-17H2,1H3,(H,28,30). The van der Waals surface area contributed by atoms with Crippen LogP contribution < -0.4 is 14.8 Å². The number of aryl methyl sites for hydroxylation is 1. The van der Waals surface area contributed by atoms with Gasteiger partial charge in [0.1, 0.15) is 23.9 Å². The second-order valence-corrected chi connectivity index (χ2v) is 8.31. The van der Waals surface area contributed by atoms with Crippen LogP contribution in [-0.4, -0.2) is 15.7 Å². The zero-order valence-electron chi connectivity index (χ0n) is 18.2. The van der Waals surface area contributed by atoms with Crippen molar-refractivity contribution in [3.63, 3.8) is 0 Å². The highest BCUT2D eigenvalue weighted by Crippen LogP contribution is 2.18. The Kier molecular flexibility index (Phi) is 7.47. The fourth-order valence-corrected chi connectivity index (χ4v) is 3.40. The lowest BCUT2D eigenvalue weighted by Gasteiger charge is -2.06. The number of carbonyl (C=O) groups is 1. The number of nitrogens with one attached hydrogen (secondary N) is 1. The smallest absolute Gasteiger partial charge is 0.291 e. The molecule has 33 heavy (non-hydrogen) atoms. The summed E-state index contributed by atoms with van der Waals surface area (Å²) in [7, 11) is 0. The van der Waals surface area contributed by atoms with Crippen molar-refractivity contribution in [2.24, 2.45) is 0 Å². The van der Waals surface area contributed by atoms with E-state index < -0.39 is 0 Å². The van der Waals surface area contributed by atoms with Crippen molar-refractivity contribution in [1.29, 1.82) is 0 Å². The molecule has 0 saturated heterocycles. The lowest BCUT2D eigenvalue weighted by Crippen LogP contribution is -2.10. The molecule has 2 heterocycles. The molecular formula is C25H24BrN3O4. The van der Waals surface area contributed by atoms with Crippen LogP contribution in [0.3, 0.4) is 0 Å². The predicted molar refractivity (Wildman–Crippen MR) is 128 cm³/mol. The van der Waals surface area contributed by atoms with Crippen molar-refractivity contribution in [3.05, 3.63) is 94.6 Å². The summed E-state index contributed by atoms with van der Waals surface area (Å²) in [4.78, 5) is 12.5. The van der Waals surface area contributed by atoms with Gasteiger partial charge in [-0.25, -0.2) is 4.68 Å². The normalized spacial score (nSPS) is 10.7. The first-order valence-electron chi connectivity index (χ1n) is 10.6. The number of aromatic nitrogens is 2. The lowest BCUT2D eigenvalue weighted by molar-refractivity contribution is 0.0992. The highest BCUT2D eigenvalue weighted by atomic mass is 79.9. The second-order valence-electron chi connectivity index (χ2n) is 7.40. The molecule has 0 aliphatic heterocycles. The molecule has 1 N–H and O–H groups in total. The molecule has 0 aliphatic rings. The van der Waals surface area contributed by atoms with Crippen LogP contribution in [0.25, 0.3) is 0 Å². The number of rotatable bonds is 10. The predicted octanol–water partition coefficient (Wildman–Crippen LogP) is 6.06. The van der Waals surface area contributed by atoms with Gasteiger partial charge in [-0.2, -0.15) is 5.10 Å². The first-order valence-corrected chi connectivity index (χ1v) is 11.4.